The largest absolute Gasteiger partial charge is 0.497 e. The second-order valence-electron chi connectivity index (χ2n) is 5.43. The van der Waals surface area contributed by atoms with Gasteiger partial charge in [0.05, 0.1) is 7.11 Å². The number of aliphatic carboxylic acids is 2. The van der Waals surface area contributed by atoms with E-state index in [1.807, 2.05) is 0 Å². The van der Waals surface area contributed by atoms with Crippen LogP contribution in [0.3, 0.4) is 0 Å². The summed E-state index contributed by atoms with van der Waals surface area (Å²) in [7, 11) is 1.41. The number of hydrogen-bond acceptors (Lipinski definition) is 5. The zero-order valence-corrected chi connectivity index (χ0v) is 13.6. The van der Waals surface area contributed by atoms with E-state index in [2.05, 4.69) is 0 Å². The highest BCUT2D eigenvalue weighted by atomic mass is 16.5. The van der Waals surface area contributed by atoms with Crippen molar-refractivity contribution in [3.63, 3.8) is 0 Å². The van der Waals surface area contributed by atoms with E-state index in [1.54, 1.807) is 6.07 Å². The van der Waals surface area contributed by atoms with Gasteiger partial charge in [-0.25, -0.2) is 0 Å². The Kier molecular flexibility index (Phi) is 6.64. The third-order valence-electron chi connectivity index (χ3n) is 3.88. The van der Waals surface area contributed by atoms with Gasteiger partial charge < -0.3 is 14.9 Å². The molecule has 2 N–H and O–H groups in total. The van der Waals surface area contributed by atoms with Gasteiger partial charge in [-0.2, -0.15) is 0 Å². The molecule has 0 aromatic heterocycles. The van der Waals surface area contributed by atoms with Gasteiger partial charge in [0.25, 0.3) is 0 Å². The number of Topliss-reactive ketones (excluding diaryl/α,β-unsaturated/α-hetero) is 2. The lowest BCUT2D eigenvalue weighted by atomic mass is 9.73. The van der Waals surface area contributed by atoms with E-state index in [1.165, 1.54) is 25.3 Å². The van der Waals surface area contributed by atoms with Crippen molar-refractivity contribution in [3.05, 3.63) is 29.8 Å². The first-order valence-electron chi connectivity index (χ1n) is 7.40. The van der Waals surface area contributed by atoms with Crippen molar-refractivity contribution in [3.8, 4) is 5.75 Å². The predicted molar refractivity (Wildman–Crippen MR) is 84.2 cm³/mol. The van der Waals surface area contributed by atoms with Gasteiger partial charge in [0, 0.05) is 12.0 Å². The number of unbranched alkanes of at least 4 members (excludes halogenated alkanes) is 1. The number of rotatable bonds is 10. The minimum Gasteiger partial charge on any atom is -0.497 e. The first kappa shape index (κ1) is 19.3. The maximum atomic E-state index is 12.8. The van der Waals surface area contributed by atoms with Crippen molar-refractivity contribution in [1.29, 1.82) is 0 Å². The van der Waals surface area contributed by atoms with Crippen LogP contribution >= 0.6 is 0 Å². The van der Waals surface area contributed by atoms with Crippen molar-refractivity contribution in [1.82, 2.24) is 0 Å². The SMILES string of the molecule is COc1cccc(C(=O)C(CCCCC(=O)O)(C(C)=O)C(=O)O)c1. The van der Waals surface area contributed by atoms with Crippen LogP contribution in [-0.4, -0.2) is 40.8 Å². The fraction of sp³-hybridized carbons (Fsp3) is 0.412. The maximum Gasteiger partial charge on any atom is 0.325 e. The molecule has 0 amide bonds. The number of hydrogen-bond donors (Lipinski definition) is 2. The monoisotopic (exact) mass is 336 g/mol. The average molecular weight is 336 g/mol. The van der Waals surface area contributed by atoms with E-state index in [0.717, 1.165) is 6.92 Å². The Balaban J connectivity index is 3.16. The maximum absolute atomic E-state index is 12.8. The zero-order chi connectivity index (χ0) is 18.3. The molecular formula is C17H20O7. The summed E-state index contributed by atoms with van der Waals surface area (Å²) < 4.78 is 5.01. The molecule has 0 radical (unpaired) electrons. The smallest absolute Gasteiger partial charge is 0.325 e. The van der Waals surface area contributed by atoms with Crippen LogP contribution in [0.15, 0.2) is 24.3 Å². The molecule has 1 aromatic rings. The van der Waals surface area contributed by atoms with Crippen LogP contribution in [0.1, 0.15) is 43.0 Å². The molecule has 0 aliphatic heterocycles. The average Bonchev–Trinajstić information content (AvgIpc) is 2.53. The van der Waals surface area contributed by atoms with E-state index in [4.69, 9.17) is 9.84 Å². The van der Waals surface area contributed by atoms with Crippen LogP contribution in [0.2, 0.25) is 0 Å². The third kappa shape index (κ3) is 4.18. The molecule has 1 unspecified atom stereocenters. The number of benzene rings is 1. The Labute approximate surface area is 139 Å². The van der Waals surface area contributed by atoms with Crippen LogP contribution in [0.5, 0.6) is 5.75 Å². The molecule has 1 aromatic carbocycles. The Morgan fingerprint density at radius 1 is 1.12 bits per heavy atom. The van der Waals surface area contributed by atoms with E-state index in [9.17, 15) is 24.3 Å². The fourth-order valence-corrected chi connectivity index (χ4v) is 2.48. The van der Waals surface area contributed by atoms with Crippen LogP contribution in [0.4, 0.5) is 0 Å². The van der Waals surface area contributed by atoms with E-state index >= 15 is 0 Å². The van der Waals surface area contributed by atoms with Crippen LogP contribution in [-0.2, 0) is 14.4 Å². The summed E-state index contributed by atoms with van der Waals surface area (Å²) in [5, 5.41) is 18.2. The Bertz CT molecular complexity index is 634. The zero-order valence-electron chi connectivity index (χ0n) is 13.6. The number of methoxy groups -OCH3 is 1. The van der Waals surface area contributed by atoms with Crippen molar-refractivity contribution in [2.45, 2.75) is 32.6 Å². The first-order chi connectivity index (χ1) is 11.3. The van der Waals surface area contributed by atoms with Crippen LogP contribution in [0, 0.1) is 5.41 Å². The number of carboxylic acid groups (broad SMARTS) is 2. The minimum absolute atomic E-state index is 0.0604. The first-order valence-corrected chi connectivity index (χ1v) is 7.40. The summed E-state index contributed by atoms with van der Waals surface area (Å²) in [6.45, 7) is 1.06. The molecule has 0 aliphatic rings. The summed E-state index contributed by atoms with van der Waals surface area (Å²) in [6.07, 6.45) is -0.0845. The quantitative estimate of drug-likeness (QED) is 0.382. The van der Waals surface area contributed by atoms with Crippen LogP contribution in [0.25, 0.3) is 0 Å². The number of carbonyl (C=O) groups excluding carboxylic acids is 2. The highest BCUT2D eigenvalue weighted by Gasteiger charge is 2.50. The molecule has 7 nitrogen and oxygen atoms in total. The summed E-state index contributed by atoms with van der Waals surface area (Å²) in [5.41, 5.74) is -2.16. The lowest BCUT2D eigenvalue weighted by Crippen LogP contribution is -2.45. The van der Waals surface area contributed by atoms with Gasteiger partial charge in [-0.15, -0.1) is 0 Å². The molecule has 0 spiro atoms. The number of carbonyl (C=O) groups is 4. The van der Waals surface area contributed by atoms with Gasteiger partial charge in [0.15, 0.2) is 17.0 Å². The summed E-state index contributed by atoms with van der Waals surface area (Å²) in [6, 6.07) is 5.92. The molecule has 0 fully saturated rings. The standard InChI is InChI=1S/C17H20O7/c1-11(18)17(16(22)23,9-4-3-8-14(19)20)15(21)12-6-5-7-13(10-12)24-2/h5-7,10H,3-4,8-9H2,1-2H3,(H,19,20)(H,22,23). The van der Waals surface area contributed by atoms with E-state index in [-0.39, 0.29) is 31.2 Å². The molecule has 1 rings (SSSR count). The lowest BCUT2D eigenvalue weighted by Gasteiger charge is -2.25. The molecule has 130 valence electrons. The predicted octanol–water partition coefficient (Wildman–Crippen LogP) is 2.18. The Morgan fingerprint density at radius 2 is 1.79 bits per heavy atom. The Morgan fingerprint density at radius 3 is 2.29 bits per heavy atom. The minimum atomic E-state index is -2.22. The summed E-state index contributed by atoms with van der Waals surface area (Å²) in [4.78, 5) is 47.2. The van der Waals surface area contributed by atoms with Gasteiger partial charge in [-0.3, -0.25) is 19.2 Å². The van der Waals surface area contributed by atoms with Crippen molar-refractivity contribution in [2.24, 2.45) is 5.41 Å². The van der Waals surface area contributed by atoms with E-state index < -0.39 is 28.9 Å². The molecule has 0 saturated carbocycles. The van der Waals surface area contributed by atoms with Gasteiger partial charge in [0.1, 0.15) is 5.75 Å². The molecule has 0 saturated heterocycles. The molecule has 24 heavy (non-hydrogen) atoms. The third-order valence-corrected chi connectivity index (χ3v) is 3.88. The molecular weight excluding hydrogens is 316 g/mol. The van der Waals surface area contributed by atoms with E-state index in [0.29, 0.717) is 5.75 Å². The molecule has 0 bridgehead atoms. The number of ether oxygens (including phenoxy) is 1. The van der Waals surface area contributed by atoms with Crippen molar-refractivity contribution >= 4 is 23.5 Å². The molecule has 1 atom stereocenters. The second kappa shape index (κ2) is 8.24. The Hall–Kier alpha value is -2.70. The summed E-state index contributed by atoms with van der Waals surface area (Å²) >= 11 is 0. The highest BCUT2D eigenvalue weighted by molar-refractivity contribution is 6.26. The van der Waals surface area contributed by atoms with Gasteiger partial charge >= 0.3 is 11.9 Å². The molecule has 7 heteroatoms. The van der Waals surface area contributed by atoms with Gasteiger partial charge in [0.2, 0.25) is 0 Å². The van der Waals surface area contributed by atoms with Gasteiger partial charge in [-0.1, -0.05) is 18.6 Å². The topological polar surface area (TPSA) is 118 Å². The highest BCUT2D eigenvalue weighted by Crippen LogP contribution is 2.32. The van der Waals surface area contributed by atoms with Gasteiger partial charge in [-0.05, 0) is 31.9 Å². The lowest BCUT2D eigenvalue weighted by molar-refractivity contribution is -0.151. The molecule has 0 aliphatic carbocycles. The second-order valence-corrected chi connectivity index (χ2v) is 5.43. The van der Waals surface area contributed by atoms with Crippen LogP contribution < -0.4 is 4.74 Å². The fourth-order valence-electron chi connectivity index (χ4n) is 2.48. The van der Waals surface area contributed by atoms with Crippen molar-refractivity contribution < 1.29 is 34.1 Å². The molecule has 0 heterocycles. The summed E-state index contributed by atoms with van der Waals surface area (Å²) in [5.74, 6) is -3.78. The number of ketones is 2. The normalized spacial score (nSPS) is 12.9. The number of carboxylic acids is 2. The van der Waals surface area contributed by atoms with Crippen molar-refractivity contribution in [2.75, 3.05) is 7.11 Å².